The standard InChI is InChI=1S/C26H26ClN3O4/c1-3-23-25(31)30(15-17-7-10-22(33-2)11-8-17)16-18-13-21(9-12-24(18)34-23)29-26(32)28-20-6-4-5-19(27)14-20/h4-14,23H,3,15-16H2,1-2H3,(H2,28,29,32)/t23-/m1/s1. The Hall–Kier alpha value is -3.71. The fourth-order valence-corrected chi connectivity index (χ4v) is 3.98. The third kappa shape index (κ3) is 5.61. The van der Waals surface area contributed by atoms with Gasteiger partial charge in [-0.3, -0.25) is 4.79 Å². The Labute approximate surface area is 203 Å². The second-order valence-corrected chi connectivity index (χ2v) is 8.41. The van der Waals surface area contributed by atoms with Crippen LogP contribution in [-0.2, 0) is 17.9 Å². The van der Waals surface area contributed by atoms with Crippen LogP contribution >= 0.6 is 11.6 Å². The molecule has 3 aromatic carbocycles. The van der Waals surface area contributed by atoms with E-state index in [9.17, 15) is 9.59 Å². The minimum atomic E-state index is -0.565. The summed E-state index contributed by atoms with van der Waals surface area (Å²) in [5, 5.41) is 6.12. The molecule has 0 saturated carbocycles. The lowest BCUT2D eigenvalue weighted by molar-refractivity contribution is -0.139. The van der Waals surface area contributed by atoms with E-state index >= 15 is 0 Å². The van der Waals surface area contributed by atoms with E-state index in [0.29, 0.717) is 41.7 Å². The predicted octanol–water partition coefficient (Wildman–Crippen LogP) is 5.69. The van der Waals surface area contributed by atoms with Gasteiger partial charge in [0.25, 0.3) is 5.91 Å². The number of hydrogen-bond acceptors (Lipinski definition) is 4. The number of carbonyl (C=O) groups is 2. The number of rotatable bonds is 6. The highest BCUT2D eigenvalue weighted by Crippen LogP contribution is 2.30. The summed E-state index contributed by atoms with van der Waals surface area (Å²) in [6, 6.07) is 19.5. The molecule has 0 radical (unpaired) electrons. The SMILES string of the molecule is CC[C@H]1Oc2ccc(NC(=O)Nc3cccc(Cl)c3)cc2CN(Cc2ccc(OC)cc2)C1=O. The van der Waals surface area contributed by atoms with Gasteiger partial charge < -0.3 is 25.0 Å². The molecule has 176 valence electrons. The van der Waals surface area contributed by atoms with E-state index in [1.807, 2.05) is 37.3 Å². The molecule has 1 aliphatic rings. The van der Waals surface area contributed by atoms with E-state index in [4.69, 9.17) is 21.1 Å². The molecule has 0 fully saturated rings. The first kappa shape index (κ1) is 23.4. The van der Waals surface area contributed by atoms with Crippen LogP contribution in [0.2, 0.25) is 5.02 Å². The summed E-state index contributed by atoms with van der Waals surface area (Å²) in [6.45, 7) is 2.73. The molecule has 0 unspecified atom stereocenters. The molecule has 4 rings (SSSR count). The average Bonchev–Trinajstić information content (AvgIpc) is 2.95. The second-order valence-electron chi connectivity index (χ2n) is 7.97. The van der Waals surface area contributed by atoms with Gasteiger partial charge in [-0.2, -0.15) is 0 Å². The number of urea groups is 1. The van der Waals surface area contributed by atoms with E-state index in [0.717, 1.165) is 16.9 Å². The van der Waals surface area contributed by atoms with Crippen molar-refractivity contribution in [2.75, 3.05) is 17.7 Å². The molecule has 7 nitrogen and oxygen atoms in total. The van der Waals surface area contributed by atoms with Crippen LogP contribution < -0.4 is 20.1 Å². The summed E-state index contributed by atoms with van der Waals surface area (Å²) in [6.07, 6.45) is -0.0103. The van der Waals surface area contributed by atoms with Crippen LogP contribution in [0, 0.1) is 0 Å². The Morgan fingerprint density at radius 2 is 1.82 bits per heavy atom. The van der Waals surface area contributed by atoms with Crippen molar-refractivity contribution < 1.29 is 19.1 Å². The number of methoxy groups -OCH3 is 1. The van der Waals surface area contributed by atoms with E-state index < -0.39 is 12.1 Å². The Morgan fingerprint density at radius 1 is 1.09 bits per heavy atom. The molecule has 0 spiro atoms. The van der Waals surface area contributed by atoms with Gasteiger partial charge in [0.2, 0.25) is 0 Å². The van der Waals surface area contributed by atoms with Crippen LogP contribution in [0.15, 0.2) is 66.7 Å². The molecule has 2 N–H and O–H groups in total. The number of ether oxygens (including phenoxy) is 2. The highest BCUT2D eigenvalue weighted by molar-refractivity contribution is 6.30. The largest absolute Gasteiger partial charge is 0.497 e. The summed E-state index contributed by atoms with van der Waals surface area (Å²) >= 11 is 5.98. The first-order chi connectivity index (χ1) is 16.4. The van der Waals surface area contributed by atoms with Crippen molar-refractivity contribution in [3.8, 4) is 11.5 Å². The molecule has 1 aliphatic heterocycles. The first-order valence-electron chi connectivity index (χ1n) is 11.0. The number of anilines is 2. The van der Waals surface area contributed by atoms with Crippen molar-refractivity contribution in [2.45, 2.75) is 32.5 Å². The quantitative estimate of drug-likeness (QED) is 0.475. The molecule has 0 aromatic heterocycles. The van der Waals surface area contributed by atoms with Crippen molar-refractivity contribution in [1.82, 2.24) is 4.90 Å². The van der Waals surface area contributed by atoms with Crippen LogP contribution in [0.4, 0.5) is 16.2 Å². The van der Waals surface area contributed by atoms with E-state index in [1.54, 1.807) is 48.4 Å². The lowest BCUT2D eigenvalue weighted by Gasteiger charge is -2.23. The lowest BCUT2D eigenvalue weighted by Crippen LogP contribution is -2.38. The monoisotopic (exact) mass is 479 g/mol. The van der Waals surface area contributed by atoms with Crippen LogP contribution in [0.3, 0.4) is 0 Å². The fourth-order valence-electron chi connectivity index (χ4n) is 3.79. The van der Waals surface area contributed by atoms with E-state index in [2.05, 4.69) is 10.6 Å². The third-order valence-electron chi connectivity index (χ3n) is 5.52. The van der Waals surface area contributed by atoms with Crippen LogP contribution in [-0.4, -0.2) is 30.1 Å². The van der Waals surface area contributed by atoms with Gasteiger partial charge in [-0.25, -0.2) is 4.79 Å². The molecule has 0 aliphatic carbocycles. The maximum absolute atomic E-state index is 13.2. The Balaban J connectivity index is 1.52. The molecule has 3 aromatic rings. The predicted molar refractivity (Wildman–Crippen MR) is 132 cm³/mol. The van der Waals surface area contributed by atoms with Gasteiger partial charge in [0, 0.05) is 35.1 Å². The van der Waals surface area contributed by atoms with Crippen LogP contribution in [0.25, 0.3) is 0 Å². The Morgan fingerprint density at radius 3 is 2.50 bits per heavy atom. The van der Waals surface area contributed by atoms with Crippen LogP contribution in [0.5, 0.6) is 11.5 Å². The highest BCUT2D eigenvalue weighted by atomic mass is 35.5. The average molecular weight is 480 g/mol. The normalized spacial score (nSPS) is 15.1. The topological polar surface area (TPSA) is 79.9 Å². The molecular formula is C26H26ClN3O4. The molecular weight excluding hydrogens is 454 g/mol. The summed E-state index contributed by atoms with van der Waals surface area (Å²) in [5.41, 5.74) is 2.99. The van der Waals surface area contributed by atoms with Crippen molar-refractivity contribution in [3.63, 3.8) is 0 Å². The lowest BCUT2D eigenvalue weighted by atomic mass is 10.1. The number of amides is 3. The molecule has 0 bridgehead atoms. The van der Waals surface area contributed by atoms with Crippen molar-refractivity contribution >= 4 is 34.9 Å². The minimum Gasteiger partial charge on any atom is -0.497 e. The molecule has 1 heterocycles. The summed E-state index contributed by atoms with van der Waals surface area (Å²) in [4.78, 5) is 27.4. The molecule has 0 saturated heterocycles. The molecule has 34 heavy (non-hydrogen) atoms. The zero-order valence-electron chi connectivity index (χ0n) is 19.0. The number of fused-ring (bicyclic) bond motifs is 1. The second kappa shape index (κ2) is 10.5. The first-order valence-corrected chi connectivity index (χ1v) is 11.4. The van der Waals surface area contributed by atoms with Crippen LogP contribution in [0.1, 0.15) is 24.5 Å². The van der Waals surface area contributed by atoms with Gasteiger partial charge in [0.15, 0.2) is 6.10 Å². The number of nitrogens with one attached hydrogen (secondary N) is 2. The van der Waals surface area contributed by atoms with Crippen molar-refractivity contribution in [3.05, 3.63) is 82.9 Å². The number of benzene rings is 3. The van der Waals surface area contributed by atoms with Gasteiger partial charge in [-0.15, -0.1) is 0 Å². The number of carbonyl (C=O) groups excluding carboxylic acids is 2. The van der Waals surface area contributed by atoms with Gasteiger partial charge in [-0.05, 0) is 60.5 Å². The van der Waals surface area contributed by atoms with Gasteiger partial charge in [0.1, 0.15) is 11.5 Å². The number of hydrogen-bond donors (Lipinski definition) is 2. The summed E-state index contributed by atoms with van der Waals surface area (Å²) in [5.74, 6) is 1.33. The van der Waals surface area contributed by atoms with Gasteiger partial charge in [-0.1, -0.05) is 36.7 Å². The Bertz CT molecular complexity index is 1180. The molecule has 8 heteroatoms. The van der Waals surface area contributed by atoms with E-state index in [1.165, 1.54) is 0 Å². The third-order valence-corrected chi connectivity index (χ3v) is 5.76. The van der Waals surface area contributed by atoms with Crippen molar-refractivity contribution in [2.24, 2.45) is 0 Å². The van der Waals surface area contributed by atoms with Gasteiger partial charge in [0.05, 0.1) is 7.11 Å². The maximum Gasteiger partial charge on any atom is 0.323 e. The highest BCUT2D eigenvalue weighted by Gasteiger charge is 2.30. The maximum atomic E-state index is 13.2. The summed E-state index contributed by atoms with van der Waals surface area (Å²) in [7, 11) is 1.62. The number of nitrogens with zero attached hydrogens (tertiary/aromatic N) is 1. The fraction of sp³-hybridized carbons (Fsp3) is 0.231. The zero-order chi connectivity index (χ0) is 24.1. The smallest absolute Gasteiger partial charge is 0.323 e. The zero-order valence-corrected chi connectivity index (χ0v) is 19.8. The van der Waals surface area contributed by atoms with Crippen molar-refractivity contribution in [1.29, 1.82) is 0 Å². The number of halogens is 1. The van der Waals surface area contributed by atoms with E-state index in [-0.39, 0.29) is 5.91 Å². The Kier molecular flexibility index (Phi) is 7.23. The minimum absolute atomic E-state index is 0.0669. The molecule has 1 atom stereocenters. The summed E-state index contributed by atoms with van der Waals surface area (Å²) < 4.78 is 11.3. The molecule has 3 amide bonds. The van der Waals surface area contributed by atoms with Gasteiger partial charge >= 0.3 is 6.03 Å².